The fourth-order valence-corrected chi connectivity index (χ4v) is 2.63. The predicted molar refractivity (Wildman–Crippen MR) is 84.4 cm³/mol. The summed E-state index contributed by atoms with van der Waals surface area (Å²) in [5.41, 5.74) is 1.10. The largest absolute Gasteiger partial charge is 0.494 e. The standard InChI is InChI=1S/C15H19N3O3S/c1-4-21-12-7-5-11(6-8-12)9-13-16-17-15(18(13)3)22-10(2)14(19)20/h5-8,10H,4,9H2,1-3H3,(H,19,20). The molecule has 1 unspecified atom stereocenters. The predicted octanol–water partition coefficient (Wildman–Crippen LogP) is 2.37. The van der Waals surface area contributed by atoms with E-state index in [0.29, 0.717) is 18.2 Å². The molecule has 0 bridgehead atoms. The van der Waals surface area contributed by atoms with Gasteiger partial charge in [0.2, 0.25) is 0 Å². The molecule has 7 heteroatoms. The average Bonchev–Trinajstić information content (AvgIpc) is 2.82. The lowest BCUT2D eigenvalue weighted by molar-refractivity contribution is -0.136. The molecule has 1 N–H and O–H groups in total. The number of thioether (sulfide) groups is 1. The van der Waals surface area contributed by atoms with Gasteiger partial charge in [0.25, 0.3) is 0 Å². The van der Waals surface area contributed by atoms with Gasteiger partial charge in [-0.15, -0.1) is 10.2 Å². The Morgan fingerprint density at radius 2 is 2.05 bits per heavy atom. The van der Waals surface area contributed by atoms with Crippen LogP contribution in [0.15, 0.2) is 29.4 Å². The van der Waals surface area contributed by atoms with Crippen LogP contribution in [0.2, 0.25) is 0 Å². The lowest BCUT2D eigenvalue weighted by Gasteiger charge is -2.07. The molecule has 0 amide bonds. The van der Waals surface area contributed by atoms with Gasteiger partial charge in [-0.1, -0.05) is 23.9 Å². The topological polar surface area (TPSA) is 77.2 Å². The second kappa shape index (κ2) is 7.31. The van der Waals surface area contributed by atoms with Gasteiger partial charge >= 0.3 is 5.97 Å². The molecule has 0 saturated carbocycles. The van der Waals surface area contributed by atoms with Crippen molar-refractivity contribution in [2.45, 2.75) is 30.7 Å². The third-order valence-corrected chi connectivity index (χ3v) is 4.27. The zero-order valence-electron chi connectivity index (χ0n) is 12.8. The Bertz CT molecular complexity index is 640. The summed E-state index contributed by atoms with van der Waals surface area (Å²) in [5.74, 6) is 0.779. The normalized spacial score (nSPS) is 12.1. The molecule has 2 rings (SSSR count). The van der Waals surface area contributed by atoms with Gasteiger partial charge in [-0.2, -0.15) is 0 Å². The van der Waals surface area contributed by atoms with E-state index in [0.717, 1.165) is 17.1 Å². The minimum atomic E-state index is -0.860. The maximum atomic E-state index is 10.9. The number of ether oxygens (including phenoxy) is 1. The highest BCUT2D eigenvalue weighted by atomic mass is 32.2. The first kappa shape index (κ1) is 16.4. The number of aromatic nitrogens is 3. The van der Waals surface area contributed by atoms with Gasteiger partial charge in [-0.05, 0) is 31.5 Å². The highest BCUT2D eigenvalue weighted by molar-refractivity contribution is 8.00. The Morgan fingerprint density at radius 3 is 2.64 bits per heavy atom. The molecule has 22 heavy (non-hydrogen) atoms. The van der Waals surface area contributed by atoms with Gasteiger partial charge in [-0.3, -0.25) is 4.79 Å². The van der Waals surface area contributed by atoms with Gasteiger partial charge in [0.05, 0.1) is 6.61 Å². The third-order valence-electron chi connectivity index (χ3n) is 3.15. The number of hydrogen-bond acceptors (Lipinski definition) is 5. The number of nitrogens with zero attached hydrogens (tertiary/aromatic N) is 3. The molecule has 0 aliphatic rings. The molecule has 118 valence electrons. The Hall–Kier alpha value is -2.02. The van der Waals surface area contributed by atoms with E-state index in [9.17, 15) is 4.79 Å². The van der Waals surface area contributed by atoms with Crippen LogP contribution >= 0.6 is 11.8 Å². The van der Waals surface area contributed by atoms with Crippen LogP contribution in [0, 0.1) is 0 Å². The second-order valence-corrected chi connectivity index (χ2v) is 6.12. The van der Waals surface area contributed by atoms with Crippen molar-refractivity contribution in [1.82, 2.24) is 14.8 Å². The molecule has 0 saturated heterocycles. The number of hydrogen-bond donors (Lipinski definition) is 1. The van der Waals surface area contributed by atoms with Crippen LogP contribution in [0.3, 0.4) is 0 Å². The number of carboxylic acid groups (broad SMARTS) is 1. The van der Waals surface area contributed by atoms with Gasteiger partial charge in [-0.25, -0.2) is 0 Å². The van der Waals surface area contributed by atoms with Crippen LogP contribution in [0.1, 0.15) is 25.2 Å². The van der Waals surface area contributed by atoms with Crippen molar-refractivity contribution in [3.8, 4) is 5.75 Å². The minimum Gasteiger partial charge on any atom is -0.494 e. The number of benzene rings is 1. The SMILES string of the molecule is CCOc1ccc(Cc2nnc(SC(C)C(=O)O)n2C)cc1. The Labute approximate surface area is 133 Å². The molecule has 0 radical (unpaired) electrons. The zero-order chi connectivity index (χ0) is 16.1. The van der Waals surface area contributed by atoms with E-state index in [4.69, 9.17) is 9.84 Å². The first-order chi connectivity index (χ1) is 10.5. The number of carboxylic acids is 1. The van der Waals surface area contributed by atoms with Crippen molar-refractivity contribution in [1.29, 1.82) is 0 Å². The molecular weight excluding hydrogens is 302 g/mol. The van der Waals surface area contributed by atoms with Crippen molar-refractivity contribution in [2.75, 3.05) is 6.61 Å². The number of rotatable bonds is 7. The summed E-state index contributed by atoms with van der Waals surface area (Å²) in [4.78, 5) is 10.9. The van der Waals surface area contributed by atoms with Crippen LogP contribution in [0.4, 0.5) is 0 Å². The molecule has 0 aliphatic heterocycles. The summed E-state index contributed by atoms with van der Waals surface area (Å²) in [6.45, 7) is 4.23. The van der Waals surface area contributed by atoms with E-state index in [2.05, 4.69) is 10.2 Å². The fourth-order valence-electron chi connectivity index (χ4n) is 1.86. The average molecular weight is 321 g/mol. The van der Waals surface area contributed by atoms with E-state index in [1.54, 1.807) is 6.92 Å². The third kappa shape index (κ3) is 4.00. The molecule has 1 aromatic heterocycles. The van der Waals surface area contributed by atoms with E-state index in [1.807, 2.05) is 42.8 Å². The summed E-state index contributed by atoms with van der Waals surface area (Å²) in [6.07, 6.45) is 0.637. The van der Waals surface area contributed by atoms with Crippen LogP contribution in [0.5, 0.6) is 5.75 Å². The Morgan fingerprint density at radius 1 is 1.36 bits per heavy atom. The molecule has 0 fully saturated rings. The lowest BCUT2D eigenvalue weighted by atomic mass is 10.1. The lowest BCUT2D eigenvalue weighted by Crippen LogP contribution is -2.12. The van der Waals surface area contributed by atoms with Gasteiger partial charge in [0.15, 0.2) is 5.16 Å². The maximum absolute atomic E-state index is 10.9. The zero-order valence-corrected chi connectivity index (χ0v) is 13.6. The number of carbonyl (C=O) groups is 1. The number of aliphatic carboxylic acids is 1. The van der Waals surface area contributed by atoms with E-state index in [1.165, 1.54) is 11.8 Å². The van der Waals surface area contributed by atoms with Gasteiger partial charge < -0.3 is 14.4 Å². The van der Waals surface area contributed by atoms with Crippen molar-refractivity contribution in [3.63, 3.8) is 0 Å². The molecule has 2 aromatic rings. The highest BCUT2D eigenvalue weighted by Gasteiger charge is 2.17. The summed E-state index contributed by atoms with van der Waals surface area (Å²) in [5, 5.41) is 17.2. The molecule has 6 nitrogen and oxygen atoms in total. The molecule has 0 aliphatic carbocycles. The van der Waals surface area contributed by atoms with Crippen LogP contribution in [0.25, 0.3) is 0 Å². The van der Waals surface area contributed by atoms with Crippen LogP contribution < -0.4 is 4.74 Å². The molecule has 1 atom stereocenters. The van der Waals surface area contributed by atoms with Crippen molar-refractivity contribution in [3.05, 3.63) is 35.7 Å². The van der Waals surface area contributed by atoms with Crippen molar-refractivity contribution in [2.24, 2.45) is 7.05 Å². The van der Waals surface area contributed by atoms with Gasteiger partial charge in [0, 0.05) is 13.5 Å². The molecule has 0 spiro atoms. The van der Waals surface area contributed by atoms with E-state index < -0.39 is 11.2 Å². The van der Waals surface area contributed by atoms with E-state index in [-0.39, 0.29) is 0 Å². The monoisotopic (exact) mass is 321 g/mol. The van der Waals surface area contributed by atoms with E-state index >= 15 is 0 Å². The first-order valence-electron chi connectivity index (χ1n) is 7.00. The smallest absolute Gasteiger partial charge is 0.316 e. The minimum absolute atomic E-state index is 0.554. The van der Waals surface area contributed by atoms with Crippen LogP contribution in [-0.4, -0.2) is 37.7 Å². The first-order valence-corrected chi connectivity index (χ1v) is 7.88. The van der Waals surface area contributed by atoms with Crippen molar-refractivity contribution >= 4 is 17.7 Å². The van der Waals surface area contributed by atoms with Crippen molar-refractivity contribution < 1.29 is 14.6 Å². The molecular formula is C15H19N3O3S. The van der Waals surface area contributed by atoms with Crippen LogP contribution in [-0.2, 0) is 18.3 Å². The molecule has 1 heterocycles. The summed E-state index contributed by atoms with van der Waals surface area (Å²) < 4.78 is 7.25. The summed E-state index contributed by atoms with van der Waals surface area (Å²) >= 11 is 1.19. The van der Waals surface area contributed by atoms with Gasteiger partial charge in [0.1, 0.15) is 16.8 Å². The summed E-state index contributed by atoms with van der Waals surface area (Å²) in [7, 11) is 1.85. The Balaban J connectivity index is 2.07. The highest BCUT2D eigenvalue weighted by Crippen LogP contribution is 2.22. The fraction of sp³-hybridized carbons (Fsp3) is 0.400. The second-order valence-electron chi connectivity index (χ2n) is 4.81. The molecule has 1 aromatic carbocycles. The summed E-state index contributed by atoms with van der Waals surface area (Å²) in [6, 6.07) is 7.84. The Kier molecular flexibility index (Phi) is 5.43. The maximum Gasteiger partial charge on any atom is 0.316 e. The quantitative estimate of drug-likeness (QED) is 0.789.